The zero-order valence-electron chi connectivity index (χ0n) is 15.0. The Hall–Kier alpha value is -1.30. The number of anilines is 1. The van der Waals surface area contributed by atoms with E-state index in [9.17, 15) is 9.59 Å². The summed E-state index contributed by atoms with van der Waals surface area (Å²) in [5.74, 6) is 0.283. The van der Waals surface area contributed by atoms with Gasteiger partial charge in [0.2, 0.25) is 11.8 Å². The summed E-state index contributed by atoms with van der Waals surface area (Å²) in [7, 11) is 0. The van der Waals surface area contributed by atoms with Gasteiger partial charge in [0, 0.05) is 19.0 Å². The van der Waals surface area contributed by atoms with Gasteiger partial charge in [-0.1, -0.05) is 29.3 Å². The van der Waals surface area contributed by atoms with Gasteiger partial charge in [-0.3, -0.25) is 14.5 Å². The van der Waals surface area contributed by atoms with Crippen LogP contribution in [0.5, 0.6) is 0 Å². The average molecular weight is 398 g/mol. The first-order valence-electron chi connectivity index (χ1n) is 9.25. The van der Waals surface area contributed by atoms with Crippen LogP contribution in [0.1, 0.15) is 32.6 Å². The number of hydrogen-bond acceptors (Lipinski definition) is 3. The number of rotatable bonds is 4. The first-order valence-corrected chi connectivity index (χ1v) is 10.0. The molecule has 0 bridgehead atoms. The van der Waals surface area contributed by atoms with Crippen molar-refractivity contribution in [3.8, 4) is 0 Å². The fraction of sp³-hybridized carbons (Fsp3) is 0.579. The first kappa shape index (κ1) is 19.5. The maximum atomic E-state index is 12.6. The Bertz CT molecular complexity index is 669. The summed E-state index contributed by atoms with van der Waals surface area (Å²) in [5.41, 5.74) is 0.523. The summed E-state index contributed by atoms with van der Waals surface area (Å²) in [6, 6.07) is 4.89. The molecular weight excluding hydrogens is 373 g/mol. The Balaban J connectivity index is 1.52. The molecule has 26 heavy (non-hydrogen) atoms. The van der Waals surface area contributed by atoms with Crippen molar-refractivity contribution in [3.05, 3.63) is 28.2 Å². The lowest BCUT2D eigenvalue weighted by atomic mass is 9.94. The van der Waals surface area contributed by atoms with E-state index in [1.165, 1.54) is 0 Å². The minimum absolute atomic E-state index is 0.0991. The molecule has 1 aromatic carbocycles. The first-order chi connectivity index (χ1) is 12.5. The van der Waals surface area contributed by atoms with Crippen molar-refractivity contribution >= 4 is 40.7 Å². The number of carbonyl (C=O) groups excluding carboxylic acids is 2. The third-order valence-electron chi connectivity index (χ3n) is 5.43. The molecule has 2 heterocycles. The van der Waals surface area contributed by atoms with Crippen LogP contribution < -0.4 is 5.32 Å². The second-order valence-electron chi connectivity index (χ2n) is 7.11. The van der Waals surface area contributed by atoms with Gasteiger partial charge < -0.3 is 10.2 Å². The second kappa shape index (κ2) is 8.59. The van der Waals surface area contributed by atoms with Gasteiger partial charge in [0.05, 0.1) is 21.8 Å². The van der Waals surface area contributed by atoms with Crippen molar-refractivity contribution in [1.82, 2.24) is 9.80 Å². The third-order valence-corrected chi connectivity index (χ3v) is 6.25. The molecule has 1 atom stereocenters. The summed E-state index contributed by atoms with van der Waals surface area (Å²) in [5, 5.41) is 3.62. The number of nitrogens with one attached hydrogen (secondary N) is 1. The monoisotopic (exact) mass is 397 g/mol. The molecule has 7 heteroatoms. The number of hydrogen-bond donors (Lipinski definition) is 1. The maximum absolute atomic E-state index is 12.6. The Labute approximate surface area is 164 Å². The van der Waals surface area contributed by atoms with E-state index in [2.05, 4.69) is 10.2 Å². The summed E-state index contributed by atoms with van der Waals surface area (Å²) < 4.78 is 0. The average Bonchev–Trinajstić information content (AvgIpc) is 3.19. The highest BCUT2D eigenvalue weighted by Crippen LogP contribution is 2.30. The molecule has 0 saturated carbocycles. The lowest BCUT2D eigenvalue weighted by Gasteiger charge is -2.36. The number of piperidine rings is 1. The van der Waals surface area contributed by atoms with E-state index in [0.717, 1.165) is 51.9 Å². The van der Waals surface area contributed by atoms with E-state index >= 15 is 0 Å². The van der Waals surface area contributed by atoms with Gasteiger partial charge >= 0.3 is 0 Å². The number of halogens is 2. The molecule has 2 fully saturated rings. The van der Waals surface area contributed by atoms with Crippen LogP contribution in [0.2, 0.25) is 10.0 Å². The van der Waals surface area contributed by atoms with Crippen LogP contribution in [0.4, 0.5) is 5.69 Å². The van der Waals surface area contributed by atoms with Gasteiger partial charge in [0.25, 0.3) is 0 Å². The highest BCUT2D eigenvalue weighted by Gasteiger charge is 2.32. The van der Waals surface area contributed by atoms with Gasteiger partial charge in [0.15, 0.2) is 0 Å². The second-order valence-corrected chi connectivity index (χ2v) is 7.89. The van der Waals surface area contributed by atoms with Crippen molar-refractivity contribution < 1.29 is 9.59 Å². The molecule has 1 aromatic rings. The van der Waals surface area contributed by atoms with E-state index in [0.29, 0.717) is 21.6 Å². The van der Waals surface area contributed by atoms with Gasteiger partial charge in [-0.15, -0.1) is 0 Å². The summed E-state index contributed by atoms with van der Waals surface area (Å²) in [6.07, 6.45) is 3.86. The summed E-state index contributed by atoms with van der Waals surface area (Å²) in [6.45, 7) is 5.19. The minimum atomic E-state index is -0.284. The smallest absolute Gasteiger partial charge is 0.241 e. The van der Waals surface area contributed by atoms with Crippen molar-refractivity contribution in [2.45, 2.75) is 38.6 Å². The highest BCUT2D eigenvalue weighted by molar-refractivity contribution is 6.44. The number of benzene rings is 1. The topological polar surface area (TPSA) is 52.7 Å². The van der Waals surface area contributed by atoms with Crippen LogP contribution in [0.25, 0.3) is 0 Å². The van der Waals surface area contributed by atoms with E-state index in [-0.39, 0.29) is 17.9 Å². The molecule has 0 spiro atoms. The standard InChI is InChI=1S/C19H25Cl2N3O2/c1-13(18(25)22-16-6-4-5-15(20)17(16)21)23-11-7-14(8-12-23)19(26)24-9-2-3-10-24/h4-6,13-14H,2-3,7-12H2,1H3,(H,22,25)/t13-/m0/s1. The number of amides is 2. The zero-order chi connectivity index (χ0) is 18.7. The number of nitrogens with zero attached hydrogens (tertiary/aromatic N) is 2. The summed E-state index contributed by atoms with van der Waals surface area (Å²) in [4.78, 5) is 29.2. The Kier molecular flexibility index (Phi) is 6.43. The van der Waals surface area contributed by atoms with Gasteiger partial charge in [-0.05, 0) is 57.8 Å². The molecule has 2 aliphatic rings. The molecule has 1 N–H and O–H groups in total. The van der Waals surface area contributed by atoms with E-state index < -0.39 is 0 Å². The molecule has 3 rings (SSSR count). The van der Waals surface area contributed by atoms with Crippen molar-refractivity contribution in [3.63, 3.8) is 0 Å². The highest BCUT2D eigenvalue weighted by atomic mass is 35.5. The largest absolute Gasteiger partial charge is 0.342 e. The van der Waals surface area contributed by atoms with Crippen LogP contribution >= 0.6 is 23.2 Å². The minimum Gasteiger partial charge on any atom is -0.342 e. The van der Waals surface area contributed by atoms with Gasteiger partial charge in [-0.25, -0.2) is 0 Å². The molecule has 0 unspecified atom stereocenters. The molecule has 2 aliphatic heterocycles. The van der Waals surface area contributed by atoms with Gasteiger partial charge in [-0.2, -0.15) is 0 Å². The van der Waals surface area contributed by atoms with Crippen molar-refractivity contribution in [1.29, 1.82) is 0 Å². The molecule has 0 radical (unpaired) electrons. The fourth-order valence-corrected chi connectivity index (χ4v) is 4.08. The van der Waals surface area contributed by atoms with Crippen LogP contribution in [-0.2, 0) is 9.59 Å². The Morgan fingerprint density at radius 1 is 1.12 bits per heavy atom. The molecule has 2 saturated heterocycles. The van der Waals surface area contributed by atoms with Gasteiger partial charge in [0.1, 0.15) is 0 Å². The molecular formula is C19H25Cl2N3O2. The lowest BCUT2D eigenvalue weighted by molar-refractivity contribution is -0.136. The van der Waals surface area contributed by atoms with E-state index in [1.54, 1.807) is 18.2 Å². The molecule has 142 valence electrons. The quantitative estimate of drug-likeness (QED) is 0.843. The van der Waals surface area contributed by atoms with E-state index in [4.69, 9.17) is 23.2 Å². The predicted octanol–water partition coefficient (Wildman–Crippen LogP) is 3.65. The van der Waals surface area contributed by atoms with E-state index in [1.807, 2.05) is 11.8 Å². The normalized spacial score (nSPS) is 20.2. The molecule has 5 nitrogen and oxygen atoms in total. The lowest BCUT2D eigenvalue weighted by Crippen LogP contribution is -2.48. The van der Waals surface area contributed by atoms with Crippen LogP contribution in [-0.4, -0.2) is 53.8 Å². The van der Waals surface area contributed by atoms with Crippen molar-refractivity contribution in [2.75, 3.05) is 31.5 Å². The van der Waals surface area contributed by atoms with Crippen LogP contribution in [0, 0.1) is 5.92 Å². The molecule has 0 aliphatic carbocycles. The zero-order valence-corrected chi connectivity index (χ0v) is 16.5. The SMILES string of the molecule is C[C@@H](C(=O)Nc1cccc(Cl)c1Cl)N1CCC(C(=O)N2CCCC2)CC1. The fourth-order valence-electron chi connectivity index (χ4n) is 3.73. The molecule has 2 amide bonds. The van der Waals surface area contributed by atoms with Crippen molar-refractivity contribution in [2.24, 2.45) is 5.92 Å². The predicted molar refractivity (Wildman–Crippen MR) is 105 cm³/mol. The number of likely N-dealkylation sites (tertiary alicyclic amines) is 2. The van der Waals surface area contributed by atoms with Crippen LogP contribution in [0.3, 0.4) is 0 Å². The van der Waals surface area contributed by atoms with Crippen LogP contribution in [0.15, 0.2) is 18.2 Å². The summed E-state index contributed by atoms with van der Waals surface area (Å²) >= 11 is 12.1. The maximum Gasteiger partial charge on any atom is 0.241 e. The Morgan fingerprint density at radius 2 is 1.77 bits per heavy atom. The molecule has 0 aromatic heterocycles. The number of carbonyl (C=O) groups is 2. The Morgan fingerprint density at radius 3 is 2.42 bits per heavy atom. The third kappa shape index (κ3) is 4.33.